The molecule has 2 aromatic rings. The summed E-state index contributed by atoms with van der Waals surface area (Å²) in [7, 11) is 1.59. The number of ether oxygens (including phenoxy) is 2. The van der Waals surface area contributed by atoms with Crippen molar-refractivity contribution in [2.75, 3.05) is 7.11 Å². The quantitative estimate of drug-likeness (QED) is 0.868. The standard InChI is InChI=1S/C18H22O3/c1-12(2)14-8-10-15(11-9-14)21-17-7-5-6-16(20-4)18(17)13(3)19/h5-13,19H,1-4H3/t13-/m1/s1. The highest BCUT2D eigenvalue weighted by Gasteiger charge is 2.15. The highest BCUT2D eigenvalue weighted by atomic mass is 16.5. The molecule has 0 fully saturated rings. The van der Waals surface area contributed by atoms with Gasteiger partial charge in [0.05, 0.1) is 18.8 Å². The molecule has 0 radical (unpaired) electrons. The topological polar surface area (TPSA) is 38.7 Å². The second-order valence-corrected chi connectivity index (χ2v) is 5.37. The molecule has 0 saturated carbocycles. The molecule has 0 aliphatic heterocycles. The average Bonchev–Trinajstić information content (AvgIpc) is 2.47. The number of benzene rings is 2. The van der Waals surface area contributed by atoms with Crippen molar-refractivity contribution in [3.63, 3.8) is 0 Å². The van der Waals surface area contributed by atoms with Gasteiger partial charge in [0, 0.05) is 0 Å². The Labute approximate surface area is 126 Å². The van der Waals surface area contributed by atoms with Crippen molar-refractivity contribution in [1.82, 2.24) is 0 Å². The molecule has 0 bridgehead atoms. The smallest absolute Gasteiger partial charge is 0.136 e. The average molecular weight is 286 g/mol. The van der Waals surface area contributed by atoms with Gasteiger partial charge >= 0.3 is 0 Å². The lowest BCUT2D eigenvalue weighted by Gasteiger charge is -2.16. The van der Waals surface area contributed by atoms with Crippen LogP contribution >= 0.6 is 0 Å². The Hall–Kier alpha value is -2.00. The summed E-state index contributed by atoms with van der Waals surface area (Å²) in [4.78, 5) is 0. The van der Waals surface area contributed by atoms with Crippen LogP contribution < -0.4 is 9.47 Å². The van der Waals surface area contributed by atoms with Crippen molar-refractivity contribution in [3.8, 4) is 17.2 Å². The van der Waals surface area contributed by atoms with E-state index in [1.807, 2.05) is 30.3 Å². The Morgan fingerprint density at radius 3 is 2.05 bits per heavy atom. The first kappa shape index (κ1) is 15.4. The molecule has 2 rings (SSSR count). The molecular formula is C18H22O3. The summed E-state index contributed by atoms with van der Waals surface area (Å²) in [5.41, 5.74) is 1.93. The lowest BCUT2D eigenvalue weighted by molar-refractivity contribution is 0.190. The molecule has 0 heterocycles. The van der Waals surface area contributed by atoms with Gasteiger partial charge < -0.3 is 14.6 Å². The van der Waals surface area contributed by atoms with E-state index in [0.717, 1.165) is 5.75 Å². The van der Waals surface area contributed by atoms with E-state index >= 15 is 0 Å². The van der Waals surface area contributed by atoms with Crippen molar-refractivity contribution < 1.29 is 14.6 Å². The van der Waals surface area contributed by atoms with E-state index < -0.39 is 6.10 Å². The molecule has 0 spiro atoms. The van der Waals surface area contributed by atoms with E-state index in [9.17, 15) is 5.11 Å². The van der Waals surface area contributed by atoms with Crippen LogP contribution in [0.3, 0.4) is 0 Å². The minimum absolute atomic E-state index is 0.490. The second-order valence-electron chi connectivity index (χ2n) is 5.37. The van der Waals surface area contributed by atoms with Gasteiger partial charge in [-0.3, -0.25) is 0 Å². The molecule has 0 saturated heterocycles. The van der Waals surface area contributed by atoms with E-state index in [-0.39, 0.29) is 0 Å². The molecule has 0 aromatic heterocycles. The fraction of sp³-hybridized carbons (Fsp3) is 0.333. The van der Waals surface area contributed by atoms with Gasteiger partial charge in [0.15, 0.2) is 0 Å². The van der Waals surface area contributed by atoms with E-state index in [1.54, 1.807) is 14.0 Å². The van der Waals surface area contributed by atoms with E-state index in [0.29, 0.717) is 23.0 Å². The van der Waals surface area contributed by atoms with Gasteiger partial charge in [-0.15, -0.1) is 0 Å². The van der Waals surface area contributed by atoms with Crippen LogP contribution in [0.2, 0.25) is 0 Å². The number of hydrogen-bond donors (Lipinski definition) is 1. The Bertz CT molecular complexity index is 586. The van der Waals surface area contributed by atoms with Gasteiger partial charge in [0.1, 0.15) is 17.2 Å². The SMILES string of the molecule is COc1cccc(Oc2ccc(C(C)C)cc2)c1[C@@H](C)O. The number of methoxy groups -OCH3 is 1. The first-order chi connectivity index (χ1) is 10.0. The summed E-state index contributed by atoms with van der Waals surface area (Å²) < 4.78 is 11.2. The maximum absolute atomic E-state index is 9.95. The fourth-order valence-electron chi connectivity index (χ4n) is 2.25. The van der Waals surface area contributed by atoms with Crippen molar-refractivity contribution in [1.29, 1.82) is 0 Å². The van der Waals surface area contributed by atoms with Gasteiger partial charge in [-0.2, -0.15) is 0 Å². The summed E-state index contributed by atoms with van der Waals surface area (Å²) in [6, 6.07) is 13.5. The zero-order valence-electron chi connectivity index (χ0n) is 13.0. The first-order valence-electron chi connectivity index (χ1n) is 7.15. The van der Waals surface area contributed by atoms with Crippen LogP contribution in [0.5, 0.6) is 17.2 Å². The fourth-order valence-corrected chi connectivity index (χ4v) is 2.25. The Balaban J connectivity index is 2.30. The molecule has 3 heteroatoms. The van der Waals surface area contributed by atoms with Crippen molar-refractivity contribution in [3.05, 3.63) is 53.6 Å². The van der Waals surface area contributed by atoms with Crippen LogP contribution in [0.15, 0.2) is 42.5 Å². The van der Waals surface area contributed by atoms with Crippen molar-refractivity contribution in [2.24, 2.45) is 0 Å². The van der Waals surface area contributed by atoms with Crippen LogP contribution in [0, 0.1) is 0 Å². The predicted molar refractivity (Wildman–Crippen MR) is 84.2 cm³/mol. The van der Waals surface area contributed by atoms with Gasteiger partial charge in [-0.25, -0.2) is 0 Å². The summed E-state index contributed by atoms with van der Waals surface area (Å²) >= 11 is 0. The van der Waals surface area contributed by atoms with Crippen molar-refractivity contribution in [2.45, 2.75) is 32.8 Å². The van der Waals surface area contributed by atoms with Crippen LogP contribution in [0.25, 0.3) is 0 Å². The monoisotopic (exact) mass is 286 g/mol. The normalized spacial score (nSPS) is 12.3. The molecule has 0 unspecified atom stereocenters. The highest BCUT2D eigenvalue weighted by molar-refractivity contribution is 5.48. The van der Waals surface area contributed by atoms with E-state index in [1.165, 1.54) is 5.56 Å². The molecule has 112 valence electrons. The molecular weight excluding hydrogens is 264 g/mol. The maximum atomic E-state index is 9.95. The van der Waals surface area contributed by atoms with Gasteiger partial charge in [0.2, 0.25) is 0 Å². The number of aliphatic hydroxyl groups excluding tert-OH is 1. The van der Waals surface area contributed by atoms with Gasteiger partial charge in [0.25, 0.3) is 0 Å². The minimum Gasteiger partial charge on any atom is -0.496 e. The van der Waals surface area contributed by atoms with Crippen LogP contribution in [0.4, 0.5) is 0 Å². The summed E-state index contributed by atoms with van der Waals surface area (Å²) in [6.45, 7) is 6.01. The van der Waals surface area contributed by atoms with Gasteiger partial charge in [-0.05, 0) is 42.7 Å². The third-order valence-electron chi connectivity index (χ3n) is 3.44. The maximum Gasteiger partial charge on any atom is 0.136 e. The molecule has 21 heavy (non-hydrogen) atoms. The van der Waals surface area contributed by atoms with E-state index in [4.69, 9.17) is 9.47 Å². The predicted octanol–water partition coefficient (Wildman–Crippen LogP) is 4.66. The molecule has 3 nitrogen and oxygen atoms in total. The minimum atomic E-state index is -0.661. The third-order valence-corrected chi connectivity index (χ3v) is 3.44. The number of aliphatic hydroxyl groups is 1. The van der Waals surface area contributed by atoms with Crippen LogP contribution in [-0.2, 0) is 0 Å². The lowest BCUT2D eigenvalue weighted by atomic mass is 10.0. The molecule has 2 aromatic carbocycles. The number of hydrogen-bond acceptors (Lipinski definition) is 3. The molecule has 1 atom stereocenters. The summed E-state index contributed by atoms with van der Waals surface area (Å²) in [5.74, 6) is 2.47. The first-order valence-corrected chi connectivity index (χ1v) is 7.15. The zero-order chi connectivity index (χ0) is 15.4. The third kappa shape index (κ3) is 3.56. The Morgan fingerprint density at radius 1 is 0.905 bits per heavy atom. The molecule has 1 N–H and O–H groups in total. The number of rotatable bonds is 5. The lowest BCUT2D eigenvalue weighted by Crippen LogP contribution is -2.00. The summed E-state index contributed by atoms with van der Waals surface area (Å²) in [5, 5.41) is 9.95. The Kier molecular flexibility index (Phi) is 4.86. The summed E-state index contributed by atoms with van der Waals surface area (Å²) in [6.07, 6.45) is -0.661. The van der Waals surface area contributed by atoms with Gasteiger partial charge in [-0.1, -0.05) is 32.0 Å². The molecule has 0 aliphatic carbocycles. The largest absolute Gasteiger partial charge is 0.496 e. The van der Waals surface area contributed by atoms with E-state index in [2.05, 4.69) is 26.0 Å². The zero-order valence-corrected chi connectivity index (χ0v) is 13.0. The molecule has 0 aliphatic rings. The van der Waals surface area contributed by atoms with Crippen LogP contribution in [0.1, 0.15) is 43.9 Å². The van der Waals surface area contributed by atoms with Crippen LogP contribution in [-0.4, -0.2) is 12.2 Å². The Morgan fingerprint density at radius 2 is 1.52 bits per heavy atom. The molecule has 0 amide bonds. The van der Waals surface area contributed by atoms with Crippen molar-refractivity contribution >= 4 is 0 Å². The second kappa shape index (κ2) is 6.64. The highest BCUT2D eigenvalue weighted by Crippen LogP contribution is 2.36.